The zero-order valence-electron chi connectivity index (χ0n) is 8.71. The molecule has 0 spiro atoms. The van der Waals surface area contributed by atoms with Gasteiger partial charge < -0.3 is 9.47 Å². The first-order valence-electron chi connectivity index (χ1n) is 5.13. The van der Waals surface area contributed by atoms with Crippen LogP contribution >= 0.6 is 27.7 Å². The summed E-state index contributed by atoms with van der Waals surface area (Å²) in [5, 5.41) is 0. The van der Waals surface area contributed by atoms with Gasteiger partial charge in [0.15, 0.2) is 0 Å². The number of ether oxygens (including phenoxy) is 2. The van der Waals surface area contributed by atoms with Crippen molar-refractivity contribution in [2.75, 3.05) is 38.4 Å². The third kappa shape index (κ3) is 5.01. The van der Waals surface area contributed by atoms with Gasteiger partial charge in [-0.25, -0.2) is 0 Å². The van der Waals surface area contributed by atoms with Gasteiger partial charge in [-0.3, -0.25) is 0 Å². The van der Waals surface area contributed by atoms with Crippen LogP contribution in [0.5, 0.6) is 0 Å². The molecule has 0 aromatic rings. The number of rotatable bonds is 7. The average molecular weight is 283 g/mol. The normalized spacial score (nSPS) is 27.0. The van der Waals surface area contributed by atoms with Crippen molar-refractivity contribution in [2.45, 2.75) is 17.7 Å². The molecule has 0 bridgehead atoms. The second-order valence-electron chi connectivity index (χ2n) is 3.56. The van der Waals surface area contributed by atoms with Gasteiger partial charge in [-0.05, 0) is 24.5 Å². The van der Waals surface area contributed by atoms with Gasteiger partial charge in [0.2, 0.25) is 0 Å². The first-order valence-corrected chi connectivity index (χ1v) is 7.20. The molecule has 1 rings (SSSR count). The van der Waals surface area contributed by atoms with Gasteiger partial charge in [0.1, 0.15) is 0 Å². The highest BCUT2D eigenvalue weighted by molar-refractivity contribution is 9.09. The highest BCUT2D eigenvalue weighted by Crippen LogP contribution is 2.32. The number of halogens is 1. The van der Waals surface area contributed by atoms with Gasteiger partial charge in [0.05, 0.1) is 13.2 Å². The van der Waals surface area contributed by atoms with E-state index < -0.39 is 0 Å². The van der Waals surface area contributed by atoms with Crippen LogP contribution in [0.4, 0.5) is 0 Å². The molecule has 1 fully saturated rings. The lowest BCUT2D eigenvalue weighted by Crippen LogP contribution is -2.12. The molecule has 0 N–H and O–H groups in total. The Labute approximate surface area is 99.2 Å². The second-order valence-corrected chi connectivity index (χ2v) is 5.81. The summed E-state index contributed by atoms with van der Waals surface area (Å²) in [4.78, 5) is 0.728. The van der Waals surface area contributed by atoms with Gasteiger partial charge in [-0.15, -0.1) is 0 Å². The molecule has 1 aliphatic rings. The van der Waals surface area contributed by atoms with Crippen molar-refractivity contribution < 1.29 is 9.47 Å². The minimum atomic E-state index is 0.709. The lowest BCUT2D eigenvalue weighted by molar-refractivity contribution is 0.0676. The highest BCUT2D eigenvalue weighted by Gasteiger charge is 2.24. The van der Waals surface area contributed by atoms with E-state index in [0.29, 0.717) is 6.61 Å². The first-order chi connectivity index (χ1) is 6.84. The standard InChI is InChI=1S/C10H19BrO2S/c1-12-5-6-13-4-2-3-9-7-14-8-10(9)11/h9-10H,2-8H2,1H3. The van der Waals surface area contributed by atoms with E-state index in [2.05, 4.69) is 27.7 Å². The van der Waals surface area contributed by atoms with Crippen molar-refractivity contribution >= 4 is 27.7 Å². The largest absolute Gasteiger partial charge is 0.382 e. The molecule has 0 radical (unpaired) electrons. The van der Waals surface area contributed by atoms with Gasteiger partial charge in [0, 0.05) is 24.3 Å². The second kappa shape index (κ2) is 7.97. The first kappa shape index (κ1) is 12.8. The molecular weight excluding hydrogens is 264 g/mol. The quantitative estimate of drug-likeness (QED) is 0.528. The van der Waals surface area contributed by atoms with Gasteiger partial charge in [-0.2, -0.15) is 11.8 Å². The van der Waals surface area contributed by atoms with E-state index in [9.17, 15) is 0 Å². The fraction of sp³-hybridized carbons (Fsp3) is 1.00. The maximum atomic E-state index is 5.42. The van der Waals surface area contributed by atoms with Crippen LogP contribution in [0.3, 0.4) is 0 Å². The lowest BCUT2D eigenvalue weighted by Gasteiger charge is -2.12. The van der Waals surface area contributed by atoms with E-state index in [1.54, 1.807) is 7.11 Å². The molecule has 0 aliphatic carbocycles. The molecule has 1 heterocycles. The Morgan fingerprint density at radius 1 is 1.29 bits per heavy atom. The van der Waals surface area contributed by atoms with Gasteiger partial charge in [-0.1, -0.05) is 15.9 Å². The molecule has 84 valence electrons. The number of hydrogen-bond donors (Lipinski definition) is 0. The van der Waals surface area contributed by atoms with Crippen LogP contribution in [0.2, 0.25) is 0 Å². The van der Waals surface area contributed by atoms with E-state index in [1.165, 1.54) is 24.3 Å². The third-order valence-corrected chi connectivity index (χ3v) is 5.17. The van der Waals surface area contributed by atoms with Crippen LogP contribution in [-0.2, 0) is 9.47 Å². The minimum Gasteiger partial charge on any atom is -0.382 e. The summed E-state index contributed by atoms with van der Waals surface area (Å²) in [7, 11) is 1.70. The lowest BCUT2D eigenvalue weighted by atomic mass is 10.0. The maximum absolute atomic E-state index is 5.42. The molecule has 1 aliphatic heterocycles. The minimum absolute atomic E-state index is 0.709. The van der Waals surface area contributed by atoms with Crippen LogP contribution in [0.15, 0.2) is 0 Å². The number of hydrogen-bond acceptors (Lipinski definition) is 3. The summed E-state index contributed by atoms with van der Waals surface area (Å²) >= 11 is 5.77. The van der Waals surface area contributed by atoms with E-state index in [4.69, 9.17) is 9.47 Å². The Morgan fingerprint density at radius 2 is 2.14 bits per heavy atom. The van der Waals surface area contributed by atoms with Crippen molar-refractivity contribution in [3.63, 3.8) is 0 Å². The van der Waals surface area contributed by atoms with E-state index in [0.717, 1.165) is 24.0 Å². The van der Waals surface area contributed by atoms with Crippen molar-refractivity contribution in [2.24, 2.45) is 5.92 Å². The van der Waals surface area contributed by atoms with Gasteiger partial charge >= 0.3 is 0 Å². The topological polar surface area (TPSA) is 18.5 Å². The van der Waals surface area contributed by atoms with Crippen LogP contribution in [-0.4, -0.2) is 43.3 Å². The number of alkyl halides is 1. The molecule has 0 saturated carbocycles. The fourth-order valence-electron chi connectivity index (χ4n) is 1.53. The molecule has 0 amide bonds. The summed E-state index contributed by atoms with van der Waals surface area (Å²) in [6.07, 6.45) is 2.47. The Balaban J connectivity index is 1.88. The molecule has 0 aromatic heterocycles. The van der Waals surface area contributed by atoms with Crippen molar-refractivity contribution in [1.29, 1.82) is 0 Å². The Hall–Kier alpha value is 0.750. The molecule has 1 saturated heterocycles. The summed E-state index contributed by atoms with van der Waals surface area (Å²) in [6.45, 7) is 2.32. The monoisotopic (exact) mass is 282 g/mol. The summed E-state index contributed by atoms with van der Waals surface area (Å²) in [5.74, 6) is 3.44. The predicted molar refractivity (Wildman–Crippen MR) is 65.5 cm³/mol. The Morgan fingerprint density at radius 3 is 2.79 bits per heavy atom. The summed E-state index contributed by atoms with van der Waals surface area (Å²) in [6, 6.07) is 0. The molecule has 4 heteroatoms. The molecule has 2 nitrogen and oxygen atoms in total. The molecule has 2 unspecified atom stereocenters. The summed E-state index contributed by atoms with van der Waals surface area (Å²) in [5.41, 5.74) is 0. The fourth-order valence-corrected chi connectivity index (χ4v) is 4.12. The Kier molecular flexibility index (Phi) is 7.29. The van der Waals surface area contributed by atoms with Crippen LogP contribution < -0.4 is 0 Å². The number of thioether (sulfide) groups is 1. The average Bonchev–Trinajstić information content (AvgIpc) is 2.58. The molecule has 14 heavy (non-hydrogen) atoms. The van der Waals surface area contributed by atoms with Crippen LogP contribution in [0.1, 0.15) is 12.8 Å². The SMILES string of the molecule is COCCOCCCC1CSCC1Br. The van der Waals surface area contributed by atoms with Crippen LogP contribution in [0, 0.1) is 5.92 Å². The van der Waals surface area contributed by atoms with Crippen molar-refractivity contribution in [3.8, 4) is 0 Å². The highest BCUT2D eigenvalue weighted by atomic mass is 79.9. The van der Waals surface area contributed by atoms with Crippen molar-refractivity contribution in [3.05, 3.63) is 0 Å². The number of methoxy groups -OCH3 is 1. The third-order valence-electron chi connectivity index (χ3n) is 2.42. The smallest absolute Gasteiger partial charge is 0.0700 e. The molecule has 2 atom stereocenters. The van der Waals surface area contributed by atoms with Gasteiger partial charge in [0.25, 0.3) is 0 Å². The predicted octanol–water partition coefficient (Wildman–Crippen LogP) is 2.56. The van der Waals surface area contributed by atoms with E-state index in [1.807, 2.05) is 0 Å². The maximum Gasteiger partial charge on any atom is 0.0700 e. The van der Waals surface area contributed by atoms with E-state index in [-0.39, 0.29) is 0 Å². The van der Waals surface area contributed by atoms with E-state index >= 15 is 0 Å². The molecule has 0 aromatic carbocycles. The molecular formula is C10H19BrO2S. The van der Waals surface area contributed by atoms with Crippen LogP contribution in [0.25, 0.3) is 0 Å². The van der Waals surface area contributed by atoms with Crippen molar-refractivity contribution in [1.82, 2.24) is 0 Å². The zero-order valence-corrected chi connectivity index (χ0v) is 11.1. The Bertz CT molecular complexity index is 146. The zero-order chi connectivity index (χ0) is 10.2. The summed E-state index contributed by atoms with van der Waals surface area (Å²) < 4.78 is 10.3.